The van der Waals surface area contributed by atoms with Gasteiger partial charge in [-0.2, -0.15) is 0 Å². The molecule has 0 aliphatic rings. The monoisotopic (exact) mass is 352 g/mol. The third-order valence-electron chi connectivity index (χ3n) is 2.56. The average molecular weight is 352 g/mol. The van der Waals surface area contributed by atoms with Gasteiger partial charge in [0.2, 0.25) is 0 Å². The van der Waals surface area contributed by atoms with Gasteiger partial charge in [-0.3, -0.25) is 4.79 Å². The molecule has 0 N–H and O–H groups in total. The Kier molecular flexibility index (Phi) is 4.36. The molecule has 2 rings (SSSR count). The summed E-state index contributed by atoms with van der Waals surface area (Å²) in [6, 6.07) is 15.4. The normalized spacial score (nSPS) is 10.1. The Morgan fingerprint density at radius 2 is 1.89 bits per heavy atom. The summed E-state index contributed by atoms with van der Waals surface area (Å²) in [7, 11) is 0. The highest BCUT2D eigenvalue weighted by molar-refractivity contribution is 14.1. The lowest BCUT2D eigenvalue weighted by atomic mass is 10.1. The van der Waals surface area contributed by atoms with Gasteiger partial charge in [0.15, 0.2) is 5.78 Å². The SMILES string of the molecule is CC(=O)c1cccc(OCc2ccc(I)cc2)c1. The fraction of sp³-hybridized carbons (Fsp3) is 0.133. The number of halogens is 1. The quantitative estimate of drug-likeness (QED) is 0.613. The first-order valence-corrected chi connectivity index (χ1v) is 6.71. The van der Waals surface area contributed by atoms with Gasteiger partial charge in [0.05, 0.1) is 0 Å². The molecule has 0 unspecified atom stereocenters. The summed E-state index contributed by atoms with van der Waals surface area (Å²) in [5.74, 6) is 0.774. The van der Waals surface area contributed by atoms with Crippen LogP contribution in [0.5, 0.6) is 5.75 Å². The van der Waals surface area contributed by atoms with Crippen LogP contribution < -0.4 is 4.74 Å². The Balaban J connectivity index is 2.04. The molecule has 0 aliphatic heterocycles. The zero-order valence-electron chi connectivity index (χ0n) is 10.0. The molecule has 0 aliphatic carbocycles. The van der Waals surface area contributed by atoms with Crippen molar-refractivity contribution in [3.8, 4) is 5.75 Å². The molecule has 0 saturated heterocycles. The molecular formula is C15H13IO2. The van der Waals surface area contributed by atoms with Crippen LogP contribution in [0.1, 0.15) is 22.8 Å². The lowest BCUT2D eigenvalue weighted by Crippen LogP contribution is -1.97. The highest BCUT2D eigenvalue weighted by Gasteiger charge is 2.01. The van der Waals surface area contributed by atoms with Crippen molar-refractivity contribution < 1.29 is 9.53 Å². The second-order valence-electron chi connectivity index (χ2n) is 4.00. The molecule has 18 heavy (non-hydrogen) atoms. The van der Waals surface area contributed by atoms with Crippen LogP contribution in [0.4, 0.5) is 0 Å². The topological polar surface area (TPSA) is 26.3 Å². The van der Waals surface area contributed by atoms with Crippen LogP contribution in [-0.2, 0) is 6.61 Å². The Morgan fingerprint density at radius 3 is 2.56 bits per heavy atom. The van der Waals surface area contributed by atoms with E-state index in [-0.39, 0.29) is 5.78 Å². The summed E-state index contributed by atoms with van der Waals surface area (Å²) < 4.78 is 6.87. The molecule has 0 heterocycles. The number of ketones is 1. The van der Waals surface area contributed by atoms with Gasteiger partial charge >= 0.3 is 0 Å². The smallest absolute Gasteiger partial charge is 0.159 e. The fourth-order valence-corrected chi connectivity index (χ4v) is 1.91. The second kappa shape index (κ2) is 6.00. The van der Waals surface area contributed by atoms with Crippen molar-refractivity contribution in [2.75, 3.05) is 0 Å². The van der Waals surface area contributed by atoms with Crippen molar-refractivity contribution in [3.05, 3.63) is 63.2 Å². The van der Waals surface area contributed by atoms with Gasteiger partial charge in [-0.15, -0.1) is 0 Å². The van der Waals surface area contributed by atoms with Crippen LogP contribution in [0.2, 0.25) is 0 Å². The Hall–Kier alpha value is -1.36. The van der Waals surface area contributed by atoms with Crippen molar-refractivity contribution in [1.29, 1.82) is 0 Å². The van der Waals surface area contributed by atoms with Gasteiger partial charge in [0, 0.05) is 9.13 Å². The van der Waals surface area contributed by atoms with Crippen molar-refractivity contribution in [2.24, 2.45) is 0 Å². The van der Waals surface area contributed by atoms with E-state index in [1.807, 2.05) is 36.4 Å². The lowest BCUT2D eigenvalue weighted by Gasteiger charge is -2.07. The molecule has 0 bridgehead atoms. The molecule has 0 saturated carbocycles. The maximum atomic E-state index is 11.3. The van der Waals surface area contributed by atoms with Gasteiger partial charge in [-0.25, -0.2) is 0 Å². The standard InChI is InChI=1S/C15H13IO2/c1-11(17)13-3-2-4-15(9-13)18-10-12-5-7-14(16)8-6-12/h2-9H,10H2,1H3. The number of carbonyl (C=O) groups is 1. The average Bonchev–Trinajstić information content (AvgIpc) is 2.38. The molecule has 92 valence electrons. The number of hydrogen-bond acceptors (Lipinski definition) is 2. The number of ether oxygens (including phenoxy) is 1. The lowest BCUT2D eigenvalue weighted by molar-refractivity contribution is 0.101. The maximum Gasteiger partial charge on any atom is 0.159 e. The van der Waals surface area contributed by atoms with Gasteiger partial charge in [0.25, 0.3) is 0 Å². The van der Waals surface area contributed by atoms with E-state index >= 15 is 0 Å². The third kappa shape index (κ3) is 3.57. The van der Waals surface area contributed by atoms with Gasteiger partial charge < -0.3 is 4.74 Å². The molecule has 0 spiro atoms. The van der Waals surface area contributed by atoms with Crippen LogP contribution in [0.3, 0.4) is 0 Å². The number of rotatable bonds is 4. The van der Waals surface area contributed by atoms with Crippen LogP contribution in [0, 0.1) is 3.57 Å². The van der Waals surface area contributed by atoms with Crippen LogP contribution in [0.15, 0.2) is 48.5 Å². The molecule has 0 radical (unpaired) electrons. The Morgan fingerprint density at radius 1 is 1.17 bits per heavy atom. The summed E-state index contributed by atoms with van der Waals surface area (Å²) in [4.78, 5) is 11.3. The van der Waals surface area contributed by atoms with Crippen molar-refractivity contribution in [1.82, 2.24) is 0 Å². The van der Waals surface area contributed by atoms with Crippen molar-refractivity contribution in [3.63, 3.8) is 0 Å². The minimum atomic E-state index is 0.0507. The largest absolute Gasteiger partial charge is 0.489 e. The fourth-order valence-electron chi connectivity index (χ4n) is 1.55. The molecule has 0 amide bonds. The zero-order chi connectivity index (χ0) is 13.0. The summed E-state index contributed by atoms with van der Waals surface area (Å²) >= 11 is 2.27. The van der Waals surface area contributed by atoms with Crippen molar-refractivity contribution >= 4 is 28.4 Å². The maximum absolute atomic E-state index is 11.3. The predicted molar refractivity (Wildman–Crippen MR) is 79.9 cm³/mol. The Labute approximate surface area is 120 Å². The number of benzene rings is 2. The highest BCUT2D eigenvalue weighted by atomic mass is 127. The molecule has 2 aromatic carbocycles. The molecule has 0 fully saturated rings. The third-order valence-corrected chi connectivity index (χ3v) is 3.28. The molecule has 0 atom stereocenters. The molecule has 0 aromatic heterocycles. The highest BCUT2D eigenvalue weighted by Crippen LogP contribution is 2.16. The van der Waals surface area contributed by atoms with Crippen LogP contribution in [-0.4, -0.2) is 5.78 Å². The van der Waals surface area contributed by atoms with E-state index in [1.54, 1.807) is 19.1 Å². The van der Waals surface area contributed by atoms with Gasteiger partial charge in [0.1, 0.15) is 12.4 Å². The minimum Gasteiger partial charge on any atom is -0.489 e. The molecular weight excluding hydrogens is 339 g/mol. The van der Waals surface area contributed by atoms with Crippen LogP contribution >= 0.6 is 22.6 Å². The molecule has 2 aromatic rings. The zero-order valence-corrected chi connectivity index (χ0v) is 12.2. The first-order valence-electron chi connectivity index (χ1n) is 5.63. The molecule has 3 heteroatoms. The van der Waals surface area contributed by atoms with E-state index in [9.17, 15) is 4.79 Å². The number of hydrogen-bond donors (Lipinski definition) is 0. The first kappa shape index (κ1) is 13.1. The van der Waals surface area contributed by atoms with E-state index in [0.717, 1.165) is 11.3 Å². The molecule has 2 nitrogen and oxygen atoms in total. The van der Waals surface area contributed by atoms with E-state index in [4.69, 9.17) is 4.74 Å². The number of carbonyl (C=O) groups excluding carboxylic acids is 1. The second-order valence-corrected chi connectivity index (χ2v) is 5.24. The van der Waals surface area contributed by atoms with Gasteiger partial charge in [-0.05, 0) is 59.3 Å². The van der Waals surface area contributed by atoms with E-state index in [1.165, 1.54) is 3.57 Å². The first-order chi connectivity index (χ1) is 8.65. The summed E-state index contributed by atoms with van der Waals surface area (Å²) in [6.07, 6.45) is 0. The van der Waals surface area contributed by atoms with E-state index in [0.29, 0.717) is 12.2 Å². The minimum absolute atomic E-state index is 0.0507. The van der Waals surface area contributed by atoms with E-state index in [2.05, 4.69) is 22.6 Å². The number of Topliss-reactive ketones (excluding diaryl/α,β-unsaturated/α-hetero) is 1. The summed E-state index contributed by atoms with van der Waals surface area (Å²) in [5, 5.41) is 0. The summed E-state index contributed by atoms with van der Waals surface area (Å²) in [6.45, 7) is 2.07. The van der Waals surface area contributed by atoms with Crippen LogP contribution in [0.25, 0.3) is 0 Å². The predicted octanol–water partition coefficient (Wildman–Crippen LogP) is 4.07. The summed E-state index contributed by atoms with van der Waals surface area (Å²) in [5.41, 5.74) is 1.79. The Bertz CT molecular complexity index is 547. The van der Waals surface area contributed by atoms with Gasteiger partial charge in [-0.1, -0.05) is 24.3 Å². The van der Waals surface area contributed by atoms with Crippen molar-refractivity contribution in [2.45, 2.75) is 13.5 Å². The van der Waals surface area contributed by atoms with E-state index < -0.39 is 0 Å².